The van der Waals surface area contributed by atoms with Crippen molar-refractivity contribution in [2.75, 3.05) is 18.0 Å². The minimum absolute atomic E-state index is 0.113. The van der Waals surface area contributed by atoms with Crippen LogP contribution in [0.4, 0.5) is 5.82 Å². The van der Waals surface area contributed by atoms with E-state index in [0.29, 0.717) is 49.3 Å². The van der Waals surface area contributed by atoms with E-state index < -0.39 is 0 Å². The van der Waals surface area contributed by atoms with Crippen molar-refractivity contribution < 1.29 is 14.1 Å². The normalized spacial score (nSPS) is 21.2. The monoisotopic (exact) mass is 437 g/mol. The average Bonchev–Trinajstić information content (AvgIpc) is 3.51. The first-order valence-electron chi connectivity index (χ1n) is 11.9. The third-order valence-corrected chi connectivity index (χ3v) is 6.69. The molecule has 1 saturated heterocycles. The summed E-state index contributed by atoms with van der Waals surface area (Å²) >= 11 is 0. The number of carbonyl (C=O) groups excluding carboxylic acids is 2. The highest BCUT2D eigenvalue weighted by molar-refractivity contribution is 5.95. The maximum Gasteiger partial charge on any atom is 0.276 e. The van der Waals surface area contributed by atoms with Gasteiger partial charge in [0.25, 0.3) is 5.91 Å². The molecule has 32 heavy (non-hydrogen) atoms. The molecule has 8 heteroatoms. The Balaban J connectivity index is 1.48. The fraction of sp³-hybridized carbons (Fsp3) is 0.625. The number of likely N-dealkylation sites (tertiary alicyclic amines) is 1. The van der Waals surface area contributed by atoms with Crippen LogP contribution in [0.1, 0.15) is 97.7 Å². The highest BCUT2D eigenvalue weighted by atomic mass is 16.5. The summed E-state index contributed by atoms with van der Waals surface area (Å²) in [5, 5.41) is 4.06. The molecule has 1 atom stereocenters. The maximum atomic E-state index is 13.4. The molecule has 2 amide bonds. The molecule has 0 spiro atoms. The van der Waals surface area contributed by atoms with Crippen LogP contribution in [0.2, 0.25) is 0 Å². The van der Waals surface area contributed by atoms with E-state index in [9.17, 15) is 9.59 Å². The summed E-state index contributed by atoms with van der Waals surface area (Å²) in [6.07, 6.45) is 6.12. The minimum Gasteiger partial charge on any atom is -0.360 e. The summed E-state index contributed by atoms with van der Waals surface area (Å²) in [5.41, 5.74) is 2.32. The van der Waals surface area contributed by atoms with Gasteiger partial charge < -0.3 is 9.42 Å². The first kappa shape index (κ1) is 21.1. The molecule has 0 bridgehead atoms. The van der Waals surface area contributed by atoms with Crippen molar-refractivity contribution in [3.8, 4) is 0 Å². The molecule has 3 aliphatic rings. The molecule has 0 aromatic carbocycles. The van der Waals surface area contributed by atoms with E-state index in [2.05, 4.69) is 19.0 Å². The van der Waals surface area contributed by atoms with Gasteiger partial charge in [0.2, 0.25) is 5.91 Å². The van der Waals surface area contributed by atoms with Crippen molar-refractivity contribution in [1.29, 1.82) is 0 Å². The van der Waals surface area contributed by atoms with Gasteiger partial charge in [0.05, 0.1) is 6.04 Å². The van der Waals surface area contributed by atoms with Gasteiger partial charge in [-0.15, -0.1) is 0 Å². The molecule has 5 rings (SSSR count). The summed E-state index contributed by atoms with van der Waals surface area (Å²) in [4.78, 5) is 39.5. The largest absolute Gasteiger partial charge is 0.360 e. The van der Waals surface area contributed by atoms with Gasteiger partial charge in [0.15, 0.2) is 11.5 Å². The number of piperidine rings is 1. The molecule has 2 fully saturated rings. The topological polar surface area (TPSA) is 92.4 Å². The third-order valence-electron chi connectivity index (χ3n) is 6.69. The zero-order valence-electron chi connectivity index (χ0n) is 19.1. The number of nitrogens with zero attached hydrogens (tertiary/aromatic N) is 5. The number of amides is 2. The SMILES string of the molecule is Cc1nc([C@@H]2CCCCN2C(=O)c2cc(C3CC3)on2)nc2c1CCC(=O)N2CC(C)C. The van der Waals surface area contributed by atoms with Crippen LogP contribution in [0.3, 0.4) is 0 Å². The molecule has 0 radical (unpaired) electrons. The first-order valence-corrected chi connectivity index (χ1v) is 11.9. The Morgan fingerprint density at radius 1 is 1.19 bits per heavy atom. The van der Waals surface area contributed by atoms with Gasteiger partial charge in [-0.1, -0.05) is 19.0 Å². The molecule has 0 N–H and O–H groups in total. The standard InChI is InChI=1S/C24H31N5O3/c1-14(2)13-29-21(30)10-9-17-15(3)25-22(26-23(17)29)19-6-4-5-11-28(19)24(31)18-12-20(32-27-18)16-7-8-16/h12,14,16,19H,4-11,13H2,1-3H3/t19-/m0/s1. The zero-order valence-corrected chi connectivity index (χ0v) is 19.1. The van der Waals surface area contributed by atoms with Gasteiger partial charge >= 0.3 is 0 Å². The number of carbonyl (C=O) groups is 2. The Hall–Kier alpha value is -2.77. The van der Waals surface area contributed by atoms with Crippen LogP contribution in [-0.2, 0) is 11.2 Å². The Kier molecular flexibility index (Phi) is 5.47. The zero-order chi connectivity index (χ0) is 22.4. The van der Waals surface area contributed by atoms with E-state index in [0.717, 1.165) is 54.9 Å². The molecular weight excluding hydrogens is 406 g/mol. The molecule has 1 saturated carbocycles. The van der Waals surface area contributed by atoms with Crippen molar-refractivity contribution in [1.82, 2.24) is 20.0 Å². The third kappa shape index (κ3) is 3.91. The van der Waals surface area contributed by atoms with E-state index in [1.165, 1.54) is 0 Å². The molecule has 4 heterocycles. The number of aromatic nitrogens is 3. The van der Waals surface area contributed by atoms with Crippen LogP contribution in [0, 0.1) is 12.8 Å². The summed E-state index contributed by atoms with van der Waals surface area (Å²) in [6.45, 7) is 7.47. The van der Waals surface area contributed by atoms with Crippen LogP contribution in [0.25, 0.3) is 0 Å². The van der Waals surface area contributed by atoms with E-state index in [1.54, 1.807) is 6.07 Å². The first-order chi connectivity index (χ1) is 15.4. The smallest absolute Gasteiger partial charge is 0.276 e. The van der Waals surface area contributed by atoms with Gasteiger partial charge in [-0.3, -0.25) is 14.5 Å². The van der Waals surface area contributed by atoms with E-state index in [1.807, 2.05) is 16.7 Å². The van der Waals surface area contributed by atoms with E-state index in [4.69, 9.17) is 14.5 Å². The average molecular weight is 438 g/mol. The second kappa shape index (κ2) is 8.30. The molecule has 2 aromatic rings. The second-order valence-corrected chi connectivity index (χ2v) is 9.77. The molecule has 1 aliphatic carbocycles. The number of hydrogen-bond donors (Lipinski definition) is 0. The summed E-state index contributed by atoms with van der Waals surface area (Å²) < 4.78 is 5.42. The maximum absolute atomic E-state index is 13.4. The lowest BCUT2D eigenvalue weighted by atomic mass is 9.98. The molecule has 2 aliphatic heterocycles. The number of aryl methyl sites for hydroxylation is 1. The van der Waals surface area contributed by atoms with Crippen molar-refractivity contribution in [3.05, 3.63) is 34.6 Å². The summed E-state index contributed by atoms with van der Waals surface area (Å²) in [7, 11) is 0. The Morgan fingerprint density at radius 2 is 2.00 bits per heavy atom. The molecule has 0 unspecified atom stereocenters. The quantitative estimate of drug-likeness (QED) is 0.703. The molecule has 8 nitrogen and oxygen atoms in total. The van der Waals surface area contributed by atoms with E-state index >= 15 is 0 Å². The lowest BCUT2D eigenvalue weighted by Gasteiger charge is -2.36. The van der Waals surface area contributed by atoms with Crippen LogP contribution in [0.15, 0.2) is 10.6 Å². The van der Waals surface area contributed by atoms with Crippen molar-refractivity contribution in [2.24, 2.45) is 5.92 Å². The Labute approximate surface area is 188 Å². The summed E-state index contributed by atoms with van der Waals surface area (Å²) in [5.74, 6) is 2.91. The number of fused-ring (bicyclic) bond motifs is 1. The van der Waals surface area contributed by atoms with Crippen molar-refractivity contribution in [2.45, 2.75) is 77.7 Å². The van der Waals surface area contributed by atoms with E-state index in [-0.39, 0.29) is 17.9 Å². The predicted molar refractivity (Wildman–Crippen MR) is 118 cm³/mol. The Morgan fingerprint density at radius 3 is 2.75 bits per heavy atom. The Bertz CT molecular complexity index is 1040. The highest BCUT2D eigenvalue weighted by Crippen LogP contribution is 2.41. The second-order valence-electron chi connectivity index (χ2n) is 9.77. The lowest BCUT2D eigenvalue weighted by molar-refractivity contribution is -0.119. The van der Waals surface area contributed by atoms with Gasteiger partial charge in [-0.2, -0.15) is 0 Å². The number of rotatable bonds is 5. The summed E-state index contributed by atoms with van der Waals surface area (Å²) in [6, 6.07) is 1.58. The fourth-order valence-corrected chi connectivity index (χ4v) is 4.85. The lowest BCUT2D eigenvalue weighted by Crippen LogP contribution is -2.41. The van der Waals surface area contributed by atoms with Gasteiger partial charge in [0.1, 0.15) is 11.6 Å². The van der Waals surface area contributed by atoms with Crippen molar-refractivity contribution in [3.63, 3.8) is 0 Å². The van der Waals surface area contributed by atoms with Gasteiger partial charge in [0, 0.05) is 42.8 Å². The number of hydrogen-bond acceptors (Lipinski definition) is 6. The van der Waals surface area contributed by atoms with Gasteiger partial charge in [-0.25, -0.2) is 9.97 Å². The molecular formula is C24H31N5O3. The highest BCUT2D eigenvalue weighted by Gasteiger charge is 2.36. The van der Waals surface area contributed by atoms with Crippen LogP contribution in [-0.4, -0.2) is 44.9 Å². The van der Waals surface area contributed by atoms with Gasteiger partial charge in [-0.05, 0) is 51.4 Å². The fourth-order valence-electron chi connectivity index (χ4n) is 4.85. The minimum atomic E-state index is -0.223. The molecule has 2 aromatic heterocycles. The van der Waals surface area contributed by atoms with Crippen LogP contribution >= 0.6 is 0 Å². The van der Waals surface area contributed by atoms with Crippen LogP contribution in [0.5, 0.6) is 0 Å². The van der Waals surface area contributed by atoms with Crippen LogP contribution < -0.4 is 4.90 Å². The predicted octanol–water partition coefficient (Wildman–Crippen LogP) is 3.95. The number of anilines is 1. The molecule has 170 valence electrons. The van der Waals surface area contributed by atoms with Crippen molar-refractivity contribution >= 4 is 17.6 Å².